The van der Waals surface area contributed by atoms with Crippen molar-refractivity contribution in [1.82, 2.24) is 0 Å². The van der Waals surface area contributed by atoms with E-state index in [0.717, 1.165) is 6.26 Å². The summed E-state index contributed by atoms with van der Waals surface area (Å²) in [6, 6.07) is 5.65. The van der Waals surface area contributed by atoms with Crippen LogP contribution in [-0.4, -0.2) is 37.2 Å². The third-order valence-electron chi connectivity index (χ3n) is 3.25. The lowest BCUT2D eigenvalue weighted by atomic mass is 10.1. The van der Waals surface area contributed by atoms with Crippen LogP contribution in [0, 0.1) is 5.82 Å². The maximum absolute atomic E-state index is 13.1. The van der Waals surface area contributed by atoms with Gasteiger partial charge in [-0.1, -0.05) is 12.1 Å². The topological polar surface area (TPSA) is 80.4 Å². The molecular weight excluding hydrogens is 245 g/mol. The van der Waals surface area contributed by atoms with E-state index in [1.807, 2.05) is 0 Å². The van der Waals surface area contributed by atoms with Crippen LogP contribution in [0.2, 0.25) is 0 Å². The normalized spacial score (nSPS) is 32.5. The molecule has 0 heterocycles. The molecule has 6 heteroatoms. The van der Waals surface area contributed by atoms with Crippen LogP contribution in [0.25, 0.3) is 0 Å². The van der Waals surface area contributed by atoms with Gasteiger partial charge in [0.05, 0.1) is 17.4 Å². The van der Waals surface area contributed by atoms with Crippen molar-refractivity contribution in [2.45, 2.75) is 16.7 Å². The van der Waals surface area contributed by atoms with Gasteiger partial charge in [-0.3, -0.25) is 0 Å². The van der Waals surface area contributed by atoms with Gasteiger partial charge in [0.25, 0.3) is 0 Å². The standard InChI is InChI=1S/C11H14FNO3S/c1-17(15,16)10-9(11(10,13)6-14)7-3-2-4-8(12)5-7/h2-5,9-10,14H,6,13H2,1H3/t9-,10+,11+/m0/s1. The third-order valence-corrected chi connectivity index (χ3v) is 4.88. The van der Waals surface area contributed by atoms with Gasteiger partial charge in [-0.15, -0.1) is 0 Å². The molecule has 2 rings (SSSR count). The summed E-state index contributed by atoms with van der Waals surface area (Å²) in [6.07, 6.45) is 1.08. The number of aliphatic hydroxyl groups is 1. The van der Waals surface area contributed by atoms with Crippen LogP contribution in [0.1, 0.15) is 11.5 Å². The van der Waals surface area contributed by atoms with Crippen molar-refractivity contribution in [1.29, 1.82) is 0 Å². The number of hydrogen-bond donors (Lipinski definition) is 2. The summed E-state index contributed by atoms with van der Waals surface area (Å²) >= 11 is 0. The summed E-state index contributed by atoms with van der Waals surface area (Å²) in [5, 5.41) is 8.37. The van der Waals surface area contributed by atoms with Gasteiger partial charge < -0.3 is 10.8 Å². The molecule has 0 saturated heterocycles. The number of benzene rings is 1. The Morgan fingerprint density at radius 3 is 2.59 bits per heavy atom. The molecule has 0 aromatic heterocycles. The lowest BCUT2D eigenvalue weighted by Gasteiger charge is -2.06. The summed E-state index contributed by atoms with van der Waals surface area (Å²) in [6.45, 7) is -0.439. The predicted molar refractivity (Wildman–Crippen MR) is 61.8 cm³/mol. The summed E-state index contributed by atoms with van der Waals surface area (Å²) in [5.74, 6) is -0.986. The van der Waals surface area contributed by atoms with Crippen molar-refractivity contribution in [3.8, 4) is 0 Å². The van der Waals surface area contributed by atoms with Crippen molar-refractivity contribution in [3.63, 3.8) is 0 Å². The van der Waals surface area contributed by atoms with Crippen LogP contribution in [0.3, 0.4) is 0 Å². The Balaban J connectivity index is 2.41. The van der Waals surface area contributed by atoms with Gasteiger partial charge in [0.1, 0.15) is 5.82 Å². The van der Waals surface area contributed by atoms with E-state index in [0.29, 0.717) is 5.56 Å². The van der Waals surface area contributed by atoms with Gasteiger partial charge in [0.2, 0.25) is 0 Å². The molecule has 94 valence electrons. The number of rotatable bonds is 3. The molecule has 1 aromatic carbocycles. The van der Waals surface area contributed by atoms with E-state index >= 15 is 0 Å². The van der Waals surface area contributed by atoms with Crippen molar-refractivity contribution in [3.05, 3.63) is 35.6 Å². The lowest BCUT2D eigenvalue weighted by Crippen LogP contribution is -2.34. The first kappa shape index (κ1) is 12.5. The fourth-order valence-corrected chi connectivity index (χ4v) is 4.29. The van der Waals surface area contributed by atoms with E-state index in [-0.39, 0.29) is 0 Å². The molecule has 1 fully saturated rings. The van der Waals surface area contributed by atoms with Crippen LogP contribution in [0.15, 0.2) is 24.3 Å². The highest BCUT2D eigenvalue weighted by Crippen LogP contribution is 2.53. The van der Waals surface area contributed by atoms with E-state index in [4.69, 9.17) is 5.73 Å². The van der Waals surface area contributed by atoms with Crippen molar-refractivity contribution in [2.24, 2.45) is 5.73 Å². The highest BCUT2D eigenvalue weighted by molar-refractivity contribution is 7.91. The van der Waals surface area contributed by atoms with Crippen molar-refractivity contribution in [2.75, 3.05) is 12.9 Å². The van der Waals surface area contributed by atoms with Crippen molar-refractivity contribution < 1.29 is 17.9 Å². The summed E-state index contributed by atoms with van der Waals surface area (Å²) in [5.41, 5.74) is 5.17. The van der Waals surface area contributed by atoms with Crippen LogP contribution >= 0.6 is 0 Å². The number of aliphatic hydroxyl groups excluding tert-OH is 1. The highest BCUT2D eigenvalue weighted by atomic mass is 32.2. The first-order valence-electron chi connectivity index (χ1n) is 5.15. The molecule has 1 aliphatic rings. The average Bonchev–Trinajstić information content (AvgIpc) is 2.86. The van der Waals surface area contributed by atoms with Gasteiger partial charge in [-0.2, -0.15) is 0 Å². The monoisotopic (exact) mass is 259 g/mol. The van der Waals surface area contributed by atoms with Gasteiger partial charge in [0.15, 0.2) is 9.84 Å². The Labute approximate surface area is 99.2 Å². The SMILES string of the molecule is CS(=O)(=O)[C@@H]1[C@H](c2cccc(F)c2)[C@]1(N)CO. The van der Waals surface area contributed by atoms with Crippen LogP contribution in [0.4, 0.5) is 4.39 Å². The largest absolute Gasteiger partial charge is 0.394 e. The summed E-state index contributed by atoms with van der Waals surface area (Å²) in [7, 11) is -3.37. The molecule has 0 amide bonds. The molecule has 0 spiro atoms. The zero-order valence-electron chi connectivity index (χ0n) is 9.30. The lowest BCUT2D eigenvalue weighted by molar-refractivity contribution is 0.253. The van der Waals surface area contributed by atoms with Crippen LogP contribution < -0.4 is 5.73 Å². The van der Waals surface area contributed by atoms with Crippen LogP contribution in [-0.2, 0) is 9.84 Å². The Morgan fingerprint density at radius 2 is 2.18 bits per heavy atom. The maximum Gasteiger partial charge on any atom is 0.152 e. The first-order chi connectivity index (χ1) is 7.80. The van der Waals surface area contributed by atoms with E-state index in [1.54, 1.807) is 6.07 Å². The zero-order chi connectivity index (χ0) is 12.8. The fourth-order valence-electron chi connectivity index (χ4n) is 2.44. The molecule has 0 aliphatic heterocycles. The minimum absolute atomic E-state index is 0.439. The minimum Gasteiger partial charge on any atom is -0.394 e. The number of sulfone groups is 1. The van der Waals surface area contributed by atoms with Gasteiger partial charge in [-0.05, 0) is 17.7 Å². The predicted octanol–water partition coefficient (Wildman–Crippen LogP) is 0.0259. The second kappa shape index (κ2) is 3.76. The maximum atomic E-state index is 13.1. The molecule has 17 heavy (non-hydrogen) atoms. The Morgan fingerprint density at radius 1 is 1.53 bits per heavy atom. The Kier molecular flexibility index (Phi) is 2.76. The van der Waals surface area contributed by atoms with Crippen LogP contribution in [0.5, 0.6) is 0 Å². The number of halogens is 1. The Bertz CT molecular complexity index is 545. The van der Waals surface area contributed by atoms with Crippen molar-refractivity contribution >= 4 is 9.84 Å². The average molecular weight is 259 g/mol. The van der Waals surface area contributed by atoms with Gasteiger partial charge >= 0.3 is 0 Å². The molecule has 3 atom stereocenters. The zero-order valence-corrected chi connectivity index (χ0v) is 10.1. The summed E-state index contributed by atoms with van der Waals surface area (Å²) < 4.78 is 36.2. The van der Waals surface area contributed by atoms with Gasteiger partial charge in [0, 0.05) is 12.2 Å². The first-order valence-corrected chi connectivity index (χ1v) is 7.10. The molecule has 0 bridgehead atoms. The third kappa shape index (κ3) is 1.96. The molecule has 0 unspecified atom stereocenters. The van der Waals surface area contributed by atoms with E-state index in [9.17, 15) is 17.9 Å². The second-order valence-electron chi connectivity index (χ2n) is 4.55. The molecule has 1 aromatic rings. The number of hydrogen-bond acceptors (Lipinski definition) is 4. The van der Waals surface area contributed by atoms with Gasteiger partial charge in [-0.25, -0.2) is 12.8 Å². The molecule has 3 N–H and O–H groups in total. The highest BCUT2D eigenvalue weighted by Gasteiger charge is 2.67. The molecule has 1 aliphatic carbocycles. The van der Waals surface area contributed by atoms with E-state index < -0.39 is 39.0 Å². The fraction of sp³-hybridized carbons (Fsp3) is 0.455. The number of nitrogens with two attached hydrogens (primary N) is 1. The molecular formula is C11H14FNO3S. The summed E-state index contributed by atoms with van der Waals surface area (Å²) in [4.78, 5) is 0. The molecule has 0 radical (unpaired) electrons. The van der Waals surface area contributed by atoms with E-state index in [2.05, 4.69) is 0 Å². The second-order valence-corrected chi connectivity index (χ2v) is 6.72. The molecule has 1 saturated carbocycles. The Hall–Kier alpha value is -0.980. The molecule has 4 nitrogen and oxygen atoms in total. The smallest absolute Gasteiger partial charge is 0.152 e. The quantitative estimate of drug-likeness (QED) is 0.802. The minimum atomic E-state index is -3.37. The van der Waals surface area contributed by atoms with E-state index in [1.165, 1.54) is 18.2 Å².